The van der Waals surface area contributed by atoms with Crippen molar-refractivity contribution in [1.29, 1.82) is 0 Å². The first-order chi connectivity index (χ1) is 5.16. The van der Waals surface area contributed by atoms with E-state index in [-0.39, 0.29) is 0 Å². The third-order valence-electron chi connectivity index (χ3n) is 1.38. The molecule has 0 fully saturated rings. The highest BCUT2D eigenvalue weighted by Crippen LogP contribution is 2.11. The molecule has 0 saturated carbocycles. The maximum absolute atomic E-state index is 9.89. The Morgan fingerprint density at radius 1 is 1.73 bits per heavy atom. The Bertz CT molecular complexity index is 116. The molecule has 1 atom stereocenters. The van der Waals surface area contributed by atoms with Crippen LogP contribution in [0, 0.1) is 0 Å². The summed E-state index contributed by atoms with van der Waals surface area (Å²) in [7, 11) is 0. The Hall–Kier alpha value is -0.380. The molecule has 0 rings (SSSR count). The first-order valence-electron chi connectivity index (χ1n) is 3.55. The summed E-state index contributed by atoms with van der Waals surface area (Å²) in [4.78, 5) is 9.89. The minimum absolute atomic E-state index is 0.320. The van der Waals surface area contributed by atoms with Crippen LogP contribution < -0.4 is 0 Å². The summed E-state index contributed by atoms with van der Waals surface area (Å²) in [5.41, 5.74) is 0. The summed E-state index contributed by atoms with van der Waals surface area (Å²) < 4.78 is 4.34. The van der Waals surface area contributed by atoms with E-state index in [0.717, 1.165) is 12.8 Å². The Kier molecular flexibility index (Phi) is 6.12. The van der Waals surface area contributed by atoms with Crippen molar-refractivity contribution in [2.24, 2.45) is 0 Å². The normalized spacial score (nSPS) is 12.5. The lowest BCUT2D eigenvalue weighted by molar-refractivity contribution is 0.0902. The summed E-state index contributed by atoms with van der Waals surface area (Å²) in [5.74, 6) is 0. The van der Waals surface area contributed by atoms with E-state index in [4.69, 9.17) is 5.11 Å². The third kappa shape index (κ3) is 7.52. The molecule has 0 aliphatic carbocycles. The molecule has 0 heterocycles. The average molecular weight is 178 g/mol. The maximum Gasteiger partial charge on any atom is 0.505 e. The SMILES string of the molecule is CSC(C)CCCOC(=O)O. The van der Waals surface area contributed by atoms with E-state index in [1.807, 2.05) is 6.26 Å². The largest absolute Gasteiger partial charge is 0.505 e. The van der Waals surface area contributed by atoms with Crippen LogP contribution in [0.4, 0.5) is 4.79 Å². The molecule has 66 valence electrons. The molecule has 0 amide bonds. The second-order valence-corrected chi connectivity index (χ2v) is 3.58. The van der Waals surface area contributed by atoms with E-state index >= 15 is 0 Å². The maximum atomic E-state index is 9.89. The van der Waals surface area contributed by atoms with E-state index in [0.29, 0.717) is 11.9 Å². The number of hydrogen-bond donors (Lipinski definition) is 1. The lowest BCUT2D eigenvalue weighted by atomic mass is 10.2. The molecule has 4 heteroatoms. The summed E-state index contributed by atoms with van der Waals surface area (Å²) >= 11 is 1.78. The van der Waals surface area contributed by atoms with E-state index in [1.165, 1.54) is 0 Å². The molecular formula is C7H14O3S. The van der Waals surface area contributed by atoms with E-state index in [2.05, 4.69) is 11.7 Å². The van der Waals surface area contributed by atoms with Crippen molar-refractivity contribution in [2.75, 3.05) is 12.9 Å². The van der Waals surface area contributed by atoms with E-state index in [9.17, 15) is 4.79 Å². The van der Waals surface area contributed by atoms with Gasteiger partial charge in [-0.2, -0.15) is 11.8 Å². The van der Waals surface area contributed by atoms with Crippen LogP contribution in [-0.4, -0.2) is 29.4 Å². The monoisotopic (exact) mass is 178 g/mol. The number of thioether (sulfide) groups is 1. The van der Waals surface area contributed by atoms with Gasteiger partial charge in [0.15, 0.2) is 0 Å². The quantitative estimate of drug-likeness (QED) is 0.518. The lowest BCUT2D eigenvalue weighted by Gasteiger charge is -2.06. The van der Waals surface area contributed by atoms with Crippen molar-refractivity contribution in [2.45, 2.75) is 25.0 Å². The number of hydrogen-bond acceptors (Lipinski definition) is 3. The molecule has 0 bridgehead atoms. The zero-order chi connectivity index (χ0) is 8.69. The Labute approximate surface area is 71.1 Å². The molecule has 3 nitrogen and oxygen atoms in total. The number of carbonyl (C=O) groups is 1. The van der Waals surface area contributed by atoms with Gasteiger partial charge in [0.1, 0.15) is 0 Å². The van der Waals surface area contributed by atoms with Gasteiger partial charge < -0.3 is 9.84 Å². The van der Waals surface area contributed by atoms with Crippen LogP contribution in [0.2, 0.25) is 0 Å². The van der Waals surface area contributed by atoms with Crippen LogP contribution in [0.15, 0.2) is 0 Å². The smallest absolute Gasteiger partial charge is 0.450 e. The molecule has 0 aromatic rings. The first kappa shape index (κ1) is 10.6. The number of ether oxygens (including phenoxy) is 1. The zero-order valence-electron chi connectivity index (χ0n) is 6.87. The predicted molar refractivity (Wildman–Crippen MR) is 46.2 cm³/mol. The van der Waals surface area contributed by atoms with Crippen LogP contribution in [0.3, 0.4) is 0 Å². The van der Waals surface area contributed by atoms with E-state index in [1.54, 1.807) is 11.8 Å². The second-order valence-electron chi connectivity index (χ2n) is 2.30. The molecule has 0 aromatic carbocycles. The molecule has 0 saturated heterocycles. The predicted octanol–water partition coefficient (Wildman–Crippen LogP) is 2.21. The number of carboxylic acid groups (broad SMARTS) is 1. The van der Waals surface area contributed by atoms with Crippen molar-refractivity contribution in [3.8, 4) is 0 Å². The van der Waals surface area contributed by atoms with Gasteiger partial charge in [0.2, 0.25) is 0 Å². The Morgan fingerprint density at radius 3 is 2.82 bits per heavy atom. The number of rotatable bonds is 5. The van der Waals surface area contributed by atoms with Gasteiger partial charge in [0.25, 0.3) is 0 Å². The summed E-state index contributed by atoms with van der Waals surface area (Å²) in [6, 6.07) is 0. The highest BCUT2D eigenvalue weighted by Gasteiger charge is 2.00. The van der Waals surface area contributed by atoms with E-state index < -0.39 is 6.16 Å². The fourth-order valence-electron chi connectivity index (χ4n) is 0.648. The second kappa shape index (κ2) is 6.34. The van der Waals surface area contributed by atoms with Crippen molar-refractivity contribution >= 4 is 17.9 Å². The third-order valence-corrected chi connectivity index (χ3v) is 2.42. The summed E-state index contributed by atoms with van der Waals surface area (Å²) in [5, 5.41) is 8.70. The van der Waals surface area contributed by atoms with Gasteiger partial charge in [-0.1, -0.05) is 6.92 Å². The van der Waals surface area contributed by atoms with Crippen molar-refractivity contribution in [1.82, 2.24) is 0 Å². The van der Waals surface area contributed by atoms with Gasteiger partial charge >= 0.3 is 6.16 Å². The minimum atomic E-state index is -1.18. The van der Waals surface area contributed by atoms with Gasteiger partial charge in [-0.15, -0.1) is 0 Å². The van der Waals surface area contributed by atoms with Crippen LogP contribution in [0.5, 0.6) is 0 Å². The standard InChI is InChI=1S/C7H14O3S/c1-6(11-2)4-3-5-10-7(8)9/h6H,3-5H2,1-2H3,(H,8,9). The molecular weight excluding hydrogens is 164 g/mol. The van der Waals surface area contributed by atoms with Crippen LogP contribution in [0.1, 0.15) is 19.8 Å². The fraction of sp³-hybridized carbons (Fsp3) is 0.857. The molecule has 0 aliphatic rings. The molecule has 0 aliphatic heterocycles. The van der Waals surface area contributed by atoms with Crippen LogP contribution in [0.25, 0.3) is 0 Å². The zero-order valence-corrected chi connectivity index (χ0v) is 7.69. The summed E-state index contributed by atoms with van der Waals surface area (Å²) in [6.45, 7) is 2.44. The molecule has 0 spiro atoms. The molecule has 11 heavy (non-hydrogen) atoms. The first-order valence-corrected chi connectivity index (χ1v) is 4.84. The van der Waals surface area contributed by atoms with Gasteiger partial charge in [-0.05, 0) is 19.1 Å². The Balaban J connectivity index is 3.08. The van der Waals surface area contributed by atoms with Gasteiger partial charge in [0, 0.05) is 5.25 Å². The highest BCUT2D eigenvalue weighted by atomic mass is 32.2. The highest BCUT2D eigenvalue weighted by molar-refractivity contribution is 7.99. The van der Waals surface area contributed by atoms with Gasteiger partial charge in [-0.25, -0.2) is 4.79 Å². The molecule has 1 unspecified atom stereocenters. The molecule has 0 aromatic heterocycles. The minimum Gasteiger partial charge on any atom is -0.450 e. The summed E-state index contributed by atoms with van der Waals surface area (Å²) in [6.07, 6.45) is 2.69. The van der Waals surface area contributed by atoms with Crippen molar-refractivity contribution < 1.29 is 14.6 Å². The molecule has 0 radical (unpaired) electrons. The molecule has 1 N–H and O–H groups in total. The Morgan fingerprint density at radius 2 is 2.36 bits per heavy atom. The fourth-order valence-corrected chi connectivity index (χ4v) is 1.05. The van der Waals surface area contributed by atoms with Crippen LogP contribution in [-0.2, 0) is 4.74 Å². The average Bonchev–Trinajstić information content (AvgIpc) is 1.97. The van der Waals surface area contributed by atoms with Crippen molar-refractivity contribution in [3.63, 3.8) is 0 Å². The van der Waals surface area contributed by atoms with Crippen molar-refractivity contribution in [3.05, 3.63) is 0 Å². The lowest BCUT2D eigenvalue weighted by Crippen LogP contribution is -2.04. The van der Waals surface area contributed by atoms with Crippen LogP contribution >= 0.6 is 11.8 Å². The van der Waals surface area contributed by atoms with Gasteiger partial charge in [0.05, 0.1) is 6.61 Å². The topological polar surface area (TPSA) is 46.5 Å². The van der Waals surface area contributed by atoms with Gasteiger partial charge in [-0.3, -0.25) is 0 Å².